The van der Waals surface area contributed by atoms with Crippen LogP contribution in [0, 0.1) is 19.3 Å². The fourth-order valence-corrected chi connectivity index (χ4v) is 4.91. The highest BCUT2D eigenvalue weighted by Gasteiger charge is 2.35. The van der Waals surface area contributed by atoms with E-state index in [4.69, 9.17) is 9.98 Å². The number of anilines is 2. The normalized spacial score (nSPS) is 14.1. The van der Waals surface area contributed by atoms with Crippen molar-refractivity contribution in [2.45, 2.75) is 48.5 Å². The average Bonchev–Trinajstić information content (AvgIpc) is 3.23. The maximum Gasteiger partial charge on any atom is 0.278 e. The van der Waals surface area contributed by atoms with Crippen molar-refractivity contribution >= 4 is 39.4 Å². The molecule has 0 saturated carbocycles. The number of aryl methyl sites for hydroxylation is 1. The Bertz CT molecular complexity index is 1580. The van der Waals surface area contributed by atoms with Crippen molar-refractivity contribution in [2.24, 2.45) is 15.5 Å². The van der Waals surface area contributed by atoms with Crippen LogP contribution in [-0.2, 0) is 10.9 Å². The van der Waals surface area contributed by atoms with E-state index < -0.39 is 16.3 Å². The van der Waals surface area contributed by atoms with E-state index in [9.17, 15) is 13.2 Å². The number of aromatic nitrogens is 2. The summed E-state index contributed by atoms with van der Waals surface area (Å²) in [5, 5.41) is 4.68. The molecule has 2 heterocycles. The van der Waals surface area contributed by atoms with Crippen LogP contribution in [-0.4, -0.2) is 42.6 Å². The molecule has 2 aromatic carbocycles. The van der Waals surface area contributed by atoms with Gasteiger partial charge >= 0.3 is 0 Å². The van der Waals surface area contributed by atoms with E-state index in [0.29, 0.717) is 39.8 Å². The second-order valence-electron chi connectivity index (χ2n) is 10.2. The van der Waals surface area contributed by atoms with Gasteiger partial charge in [0.1, 0.15) is 5.71 Å². The molecule has 1 aliphatic heterocycles. The van der Waals surface area contributed by atoms with Gasteiger partial charge in [-0.2, -0.15) is 9.78 Å². The molecule has 200 valence electrons. The number of aliphatic imine (C=N–C) groups is 1. The quantitative estimate of drug-likeness (QED) is 0.427. The van der Waals surface area contributed by atoms with E-state index in [0.717, 1.165) is 30.0 Å². The smallest absolute Gasteiger partial charge is 0.278 e. The number of fused-ring (bicyclic) bond motifs is 1. The number of hydrogen-bond donors (Lipinski definition) is 2. The van der Waals surface area contributed by atoms with Gasteiger partial charge in [-0.1, -0.05) is 39.0 Å². The Balaban J connectivity index is 1.94. The van der Waals surface area contributed by atoms with Crippen molar-refractivity contribution in [3.8, 4) is 11.3 Å². The van der Waals surface area contributed by atoms with Gasteiger partial charge in [-0.3, -0.25) is 9.52 Å². The molecule has 0 spiro atoms. The number of thiol groups is 1. The van der Waals surface area contributed by atoms with E-state index >= 15 is 0 Å². The maximum atomic E-state index is 13.5. The largest absolute Gasteiger partial charge is 0.372 e. The first-order valence-electron chi connectivity index (χ1n) is 12.6. The molecule has 10 heteroatoms. The molecule has 0 saturated heterocycles. The summed E-state index contributed by atoms with van der Waals surface area (Å²) in [6, 6.07) is 13.0. The number of rotatable bonds is 7. The first-order chi connectivity index (χ1) is 18.0. The van der Waals surface area contributed by atoms with Crippen LogP contribution < -0.4 is 15.2 Å². The summed E-state index contributed by atoms with van der Waals surface area (Å²) in [7, 11) is -2.90. The van der Waals surface area contributed by atoms with Crippen molar-refractivity contribution < 1.29 is 8.42 Å². The number of nitrogens with zero attached hydrogens (tertiary/aromatic N) is 5. The van der Waals surface area contributed by atoms with Crippen molar-refractivity contribution in [1.29, 1.82) is 0 Å². The molecule has 1 aromatic heterocycles. The number of benzene rings is 2. The molecule has 3 aromatic rings. The van der Waals surface area contributed by atoms with Crippen LogP contribution in [0.25, 0.3) is 11.3 Å². The third kappa shape index (κ3) is 5.13. The molecule has 1 N–H and O–H groups in total. The number of para-hydroxylation sites is 1. The van der Waals surface area contributed by atoms with Crippen LogP contribution in [0.5, 0.6) is 0 Å². The Morgan fingerprint density at radius 1 is 1.05 bits per heavy atom. The summed E-state index contributed by atoms with van der Waals surface area (Å²) >= 11 is 0. The van der Waals surface area contributed by atoms with Gasteiger partial charge in [0.05, 0.1) is 22.8 Å². The van der Waals surface area contributed by atoms with Gasteiger partial charge in [0, 0.05) is 35.3 Å². The zero-order valence-electron chi connectivity index (χ0n) is 22.9. The van der Waals surface area contributed by atoms with Gasteiger partial charge in [-0.15, -0.1) is 0 Å². The average molecular weight is 535 g/mol. The highest BCUT2D eigenvalue weighted by atomic mass is 32.2. The van der Waals surface area contributed by atoms with E-state index in [1.54, 1.807) is 31.2 Å². The van der Waals surface area contributed by atoms with Crippen LogP contribution >= 0.6 is 0 Å². The molecule has 0 fully saturated rings. The van der Waals surface area contributed by atoms with Gasteiger partial charge in [0.15, 0.2) is 5.82 Å². The van der Waals surface area contributed by atoms with Gasteiger partial charge in [-0.05, 0) is 57.5 Å². The topological polar surface area (TPSA) is 109 Å². The molecular formula is C28H34N6O3S. The standard InChI is InChI=1S/C28H34N6O3S/c1-8-33(9-2)19-14-15-21(17(3)16-19)29-24-25(28(5,6)7)31-34-26(24)30-23(18(4)27(34)35)20-12-10-11-13-22(20)32-38(36)37/h10-16,38H,8-9H2,1-7H3,(H,32,36,37)/b29-24-. The molecule has 1 aliphatic rings. The fraction of sp³-hybridized carbons (Fsp3) is 0.357. The molecule has 0 aliphatic carbocycles. The molecule has 0 bridgehead atoms. The summed E-state index contributed by atoms with van der Waals surface area (Å²) in [6.07, 6.45) is 0. The Morgan fingerprint density at radius 3 is 2.34 bits per heavy atom. The lowest BCUT2D eigenvalue weighted by Crippen LogP contribution is -2.28. The lowest BCUT2D eigenvalue weighted by molar-refractivity contribution is 0.592. The molecule has 0 radical (unpaired) electrons. The van der Waals surface area contributed by atoms with Crippen LogP contribution in [0.15, 0.2) is 57.4 Å². The van der Waals surface area contributed by atoms with E-state index in [2.05, 4.69) is 40.7 Å². The SMILES string of the molecule is CCN(CC)c1ccc(/N=C2/C(C(C)(C)C)=Nn3c2nc(-c2ccccc2N[SH](=O)=O)c(C)c3=O)c(C)c1. The summed E-state index contributed by atoms with van der Waals surface area (Å²) in [5.74, 6) is 0.328. The van der Waals surface area contributed by atoms with Crippen molar-refractivity contribution in [3.63, 3.8) is 0 Å². The second-order valence-corrected chi connectivity index (χ2v) is 11.0. The molecule has 0 amide bonds. The predicted octanol–water partition coefficient (Wildman–Crippen LogP) is 4.70. The minimum Gasteiger partial charge on any atom is -0.372 e. The molecule has 0 atom stereocenters. The first kappa shape index (κ1) is 27.3. The van der Waals surface area contributed by atoms with Crippen molar-refractivity contribution in [1.82, 2.24) is 9.66 Å². The second kappa shape index (κ2) is 10.5. The lowest BCUT2D eigenvalue weighted by Gasteiger charge is -2.22. The van der Waals surface area contributed by atoms with Crippen LogP contribution in [0.2, 0.25) is 0 Å². The summed E-state index contributed by atoms with van der Waals surface area (Å²) in [4.78, 5) is 25.7. The molecule has 38 heavy (non-hydrogen) atoms. The zero-order chi connectivity index (χ0) is 27.8. The van der Waals surface area contributed by atoms with E-state index in [1.807, 2.05) is 33.8 Å². The molecule has 0 unspecified atom stereocenters. The molecule has 9 nitrogen and oxygen atoms in total. The zero-order valence-corrected chi connectivity index (χ0v) is 23.8. The Morgan fingerprint density at radius 2 is 1.74 bits per heavy atom. The van der Waals surface area contributed by atoms with Gasteiger partial charge in [0.2, 0.25) is 10.9 Å². The van der Waals surface area contributed by atoms with Crippen LogP contribution in [0.1, 0.15) is 51.6 Å². The van der Waals surface area contributed by atoms with Crippen LogP contribution in [0.3, 0.4) is 0 Å². The summed E-state index contributed by atoms with van der Waals surface area (Å²) < 4.78 is 26.6. The van der Waals surface area contributed by atoms with Gasteiger partial charge in [0.25, 0.3) is 5.56 Å². The minimum absolute atomic E-state index is 0.327. The fourth-order valence-electron chi connectivity index (χ4n) is 4.52. The van der Waals surface area contributed by atoms with E-state index in [1.165, 1.54) is 4.68 Å². The first-order valence-corrected chi connectivity index (χ1v) is 13.8. The third-order valence-corrected chi connectivity index (χ3v) is 6.99. The van der Waals surface area contributed by atoms with Crippen LogP contribution in [0.4, 0.5) is 17.1 Å². The maximum absolute atomic E-state index is 13.5. The van der Waals surface area contributed by atoms with E-state index in [-0.39, 0.29) is 5.56 Å². The molecular weight excluding hydrogens is 500 g/mol. The predicted molar refractivity (Wildman–Crippen MR) is 156 cm³/mol. The highest BCUT2D eigenvalue weighted by molar-refractivity contribution is 7.73. The highest BCUT2D eigenvalue weighted by Crippen LogP contribution is 2.32. The monoisotopic (exact) mass is 534 g/mol. The summed E-state index contributed by atoms with van der Waals surface area (Å²) in [5.41, 5.74) is 4.92. The number of hydrogen-bond acceptors (Lipinski definition) is 7. The van der Waals surface area contributed by atoms with Gasteiger partial charge < -0.3 is 4.90 Å². The van der Waals surface area contributed by atoms with Crippen molar-refractivity contribution in [3.05, 3.63) is 69.8 Å². The Labute approximate surface area is 225 Å². The van der Waals surface area contributed by atoms with Gasteiger partial charge in [-0.25, -0.2) is 18.4 Å². The third-order valence-electron chi connectivity index (χ3n) is 6.57. The van der Waals surface area contributed by atoms with Crippen molar-refractivity contribution in [2.75, 3.05) is 22.7 Å². The number of nitrogens with one attached hydrogen (secondary N) is 1. The Kier molecular flexibility index (Phi) is 7.55. The summed E-state index contributed by atoms with van der Waals surface area (Å²) in [6.45, 7) is 15.8. The minimum atomic E-state index is -2.90. The molecule has 4 rings (SSSR count). The lowest BCUT2D eigenvalue weighted by atomic mass is 9.87. The Hall–Kier alpha value is -3.79.